The minimum atomic E-state index is -0.0333. The quantitative estimate of drug-likeness (QED) is 0.173. The summed E-state index contributed by atoms with van der Waals surface area (Å²) in [5, 5.41) is 7.45. The van der Waals surface area contributed by atoms with Gasteiger partial charge in [-0.25, -0.2) is 4.98 Å². The molecule has 0 spiro atoms. The first-order valence-electron chi connectivity index (χ1n) is 22.0. The molecule has 6 aromatic carbocycles. The summed E-state index contributed by atoms with van der Waals surface area (Å²) in [4.78, 5) is 10.0. The number of pyridine rings is 1. The molecule has 7 heteroatoms. The molecular formula is C56H52N4OS2. The number of thiophene rings is 2. The second-order valence-corrected chi connectivity index (χ2v) is 22.3. The van der Waals surface area contributed by atoms with E-state index in [1.807, 2.05) is 28.9 Å². The van der Waals surface area contributed by atoms with Gasteiger partial charge in [-0.2, -0.15) is 0 Å². The molecule has 5 nitrogen and oxygen atoms in total. The molecule has 1 aliphatic rings. The Balaban J connectivity index is 1.03. The Bertz CT molecular complexity index is 3410. The lowest BCUT2D eigenvalue weighted by Gasteiger charge is -2.29. The molecule has 0 unspecified atom stereocenters. The molecule has 0 amide bonds. The van der Waals surface area contributed by atoms with E-state index in [1.54, 1.807) is 0 Å². The summed E-state index contributed by atoms with van der Waals surface area (Å²) in [6, 6.07) is 48.9. The molecule has 0 N–H and O–H groups in total. The van der Waals surface area contributed by atoms with E-state index in [-0.39, 0.29) is 16.2 Å². The Morgan fingerprint density at radius 2 is 1.17 bits per heavy atom. The minimum Gasteiger partial charge on any atom is -0.457 e. The van der Waals surface area contributed by atoms with Crippen LogP contribution < -0.4 is 14.5 Å². The summed E-state index contributed by atoms with van der Waals surface area (Å²) in [7, 11) is 0. The minimum absolute atomic E-state index is 0.0129. The fourth-order valence-corrected chi connectivity index (χ4v) is 11.6. The summed E-state index contributed by atoms with van der Waals surface area (Å²) >= 11 is 3.72. The van der Waals surface area contributed by atoms with Crippen LogP contribution in [0.4, 0.5) is 22.1 Å². The fraction of sp³-hybridized carbons (Fsp3) is 0.232. The molecule has 5 heterocycles. The van der Waals surface area contributed by atoms with Crippen LogP contribution in [0, 0.1) is 0 Å². The highest BCUT2D eigenvalue weighted by atomic mass is 32.1. The van der Waals surface area contributed by atoms with E-state index in [4.69, 9.17) is 9.72 Å². The smallest absolute Gasteiger partial charge is 0.137 e. The number of nitrogens with zero attached hydrogens (tertiary/aromatic N) is 4. The zero-order valence-electron chi connectivity index (χ0n) is 37.5. The molecule has 0 radical (unpaired) electrons. The van der Waals surface area contributed by atoms with Crippen molar-refractivity contribution >= 4 is 96.8 Å². The summed E-state index contributed by atoms with van der Waals surface area (Å²) in [5.74, 6) is 2.47. The zero-order valence-corrected chi connectivity index (χ0v) is 39.1. The summed E-state index contributed by atoms with van der Waals surface area (Å²) in [5.41, 5.74) is 9.75. The number of ether oxygens (including phenoxy) is 1. The number of hydrogen-bond acceptors (Lipinski definition) is 6. The topological polar surface area (TPSA) is 33.5 Å². The number of anilines is 4. The Morgan fingerprint density at radius 1 is 0.508 bits per heavy atom. The molecule has 0 aliphatic carbocycles. The number of benzene rings is 6. The van der Waals surface area contributed by atoms with Gasteiger partial charge in [-0.1, -0.05) is 117 Å². The van der Waals surface area contributed by atoms with E-state index >= 15 is 0 Å². The highest BCUT2D eigenvalue weighted by Crippen LogP contribution is 2.54. The number of rotatable bonds is 5. The molecule has 4 aromatic heterocycles. The number of hydrogen-bond donors (Lipinski definition) is 0. The molecule has 314 valence electrons. The SMILES string of the molecule is CC(C)(C)c1cc(N2CN(c3cccc(Oc4ccc5c6ccc7sc8ccccc8c7c6n(-c6cc(C(C)(C)C)ccn6)c5c4)c3)c3c2sc2ccccc32)cc(C(C)(C)C)c1. The molecule has 63 heavy (non-hydrogen) atoms. The molecule has 0 fully saturated rings. The molecule has 1 aliphatic heterocycles. The van der Waals surface area contributed by atoms with Crippen LogP contribution in [0.5, 0.6) is 11.5 Å². The van der Waals surface area contributed by atoms with E-state index in [1.165, 1.54) is 79.6 Å². The van der Waals surface area contributed by atoms with Gasteiger partial charge < -0.3 is 14.5 Å². The van der Waals surface area contributed by atoms with Crippen molar-refractivity contribution in [3.8, 4) is 17.3 Å². The van der Waals surface area contributed by atoms with Gasteiger partial charge >= 0.3 is 0 Å². The van der Waals surface area contributed by atoms with Gasteiger partial charge in [0.2, 0.25) is 0 Å². The van der Waals surface area contributed by atoms with E-state index in [0.29, 0.717) is 6.67 Å². The molecule has 0 saturated carbocycles. The van der Waals surface area contributed by atoms with Gasteiger partial charge in [0.25, 0.3) is 0 Å². The molecular weight excluding hydrogens is 809 g/mol. The van der Waals surface area contributed by atoms with Crippen LogP contribution in [0.3, 0.4) is 0 Å². The Kier molecular flexibility index (Phi) is 8.93. The highest BCUT2D eigenvalue weighted by molar-refractivity contribution is 7.26. The highest BCUT2D eigenvalue weighted by Gasteiger charge is 2.34. The molecule has 0 atom stereocenters. The molecule has 0 bridgehead atoms. The van der Waals surface area contributed by atoms with Crippen LogP contribution >= 0.6 is 22.7 Å². The summed E-state index contributed by atoms with van der Waals surface area (Å²) in [6.45, 7) is 21.4. The lowest BCUT2D eigenvalue weighted by molar-refractivity contribution is 0.483. The molecule has 10 aromatic rings. The van der Waals surface area contributed by atoms with Crippen molar-refractivity contribution in [1.82, 2.24) is 9.55 Å². The average molecular weight is 861 g/mol. The van der Waals surface area contributed by atoms with Gasteiger partial charge in [0.1, 0.15) is 29.0 Å². The largest absolute Gasteiger partial charge is 0.457 e. The van der Waals surface area contributed by atoms with Crippen LogP contribution in [0.15, 0.2) is 140 Å². The maximum absolute atomic E-state index is 6.90. The second kappa shape index (κ2) is 14.2. The Morgan fingerprint density at radius 3 is 1.90 bits per heavy atom. The van der Waals surface area contributed by atoms with E-state index in [2.05, 4.69) is 210 Å². The third-order valence-corrected chi connectivity index (χ3v) is 15.1. The summed E-state index contributed by atoms with van der Waals surface area (Å²) < 4.78 is 13.1. The monoisotopic (exact) mass is 860 g/mol. The lowest BCUT2D eigenvalue weighted by Crippen LogP contribution is -2.25. The first-order valence-corrected chi connectivity index (χ1v) is 23.6. The fourth-order valence-electron chi connectivity index (χ4n) is 9.23. The normalized spacial score (nSPS) is 13.7. The van der Waals surface area contributed by atoms with Crippen molar-refractivity contribution in [2.75, 3.05) is 16.5 Å². The van der Waals surface area contributed by atoms with Gasteiger partial charge in [0, 0.05) is 70.7 Å². The van der Waals surface area contributed by atoms with E-state index in [9.17, 15) is 0 Å². The maximum atomic E-state index is 6.90. The van der Waals surface area contributed by atoms with Crippen LogP contribution in [0.2, 0.25) is 0 Å². The van der Waals surface area contributed by atoms with Gasteiger partial charge in [-0.05, 0) is 99.7 Å². The third-order valence-electron chi connectivity index (χ3n) is 12.8. The molecule has 11 rings (SSSR count). The van der Waals surface area contributed by atoms with Crippen LogP contribution in [-0.2, 0) is 16.2 Å². The van der Waals surface area contributed by atoms with Crippen molar-refractivity contribution in [3.05, 3.63) is 156 Å². The third kappa shape index (κ3) is 6.67. The lowest BCUT2D eigenvalue weighted by atomic mass is 9.80. The standard InChI is InChI=1S/C56H52N4OS2/c1-54(2,3)34-25-26-57-49(30-34)60-45-32-40(21-22-41(45)42-23-24-48-50(51(42)60)43-17-10-12-19-46(43)62-48)61-39-16-14-15-37(31-39)58-33-59(53-52(58)44-18-11-13-20-47(44)63-53)38-28-35(55(4,5)6)27-36(29-38)56(7,8)9/h10-32H,33H2,1-9H3. The predicted octanol–water partition coefficient (Wildman–Crippen LogP) is 16.7. The van der Waals surface area contributed by atoms with E-state index in [0.717, 1.165) is 28.5 Å². The van der Waals surface area contributed by atoms with Gasteiger partial charge in [0.05, 0.1) is 16.7 Å². The second-order valence-electron chi connectivity index (χ2n) is 20.2. The first kappa shape index (κ1) is 39.7. The van der Waals surface area contributed by atoms with Crippen LogP contribution in [0.1, 0.15) is 79.0 Å². The van der Waals surface area contributed by atoms with Crippen LogP contribution in [-0.4, -0.2) is 16.2 Å². The van der Waals surface area contributed by atoms with Crippen molar-refractivity contribution in [2.45, 2.75) is 78.6 Å². The maximum Gasteiger partial charge on any atom is 0.137 e. The Labute approximate surface area is 377 Å². The number of aromatic nitrogens is 2. The van der Waals surface area contributed by atoms with Gasteiger partial charge in [-0.15, -0.1) is 22.7 Å². The van der Waals surface area contributed by atoms with Crippen molar-refractivity contribution in [1.29, 1.82) is 0 Å². The zero-order chi connectivity index (χ0) is 43.6. The van der Waals surface area contributed by atoms with Crippen molar-refractivity contribution < 1.29 is 4.74 Å². The van der Waals surface area contributed by atoms with Crippen molar-refractivity contribution in [3.63, 3.8) is 0 Å². The average Bonchev–Trinajstić information content (AvgIpc) is 4.01. The predicted molar refractivity (Wildman–Crippen MR) is 271 cm³/mol. The van der Waals surface area contributed by atoms with Gasteiger partial charge in [0.15, 0.2) is 0 Å². The molecule has 0 saturated heterocycles. The van der Waals surface area contributed by atoms with Crippen molar-refractivity contribution in [2.24, 2.45) is 0 Å². The summed E-state index contributed by atoms with van der Waals surface area (Å²) in [6.07, 6.45) is 1.96. The van der Waals surface area contributed by atoms with E-state index < -0.39 is 0 Å². The van der Waals surface area contributed by atoms with Crippen LogP contribution in [0.25, 0.3) is 57.9 Å². The first-order chi connectivity index (χ1) is 30.1. The Hall–Kier alpha value is -6.15. The van der Waals surface area contributed by atoms with Gasteiger partial charge in [-0.3, -0.25) is 4.57 Å². The number of fused-ring (bicyclic) bond motifs is 10.